The molecule has 36 heavy (non-hydrogen) atoms. The average Bonchev–Trinajstić information content (AvgIpc) is 3.58. The number of aromatic nitrogens is 4. The lowest BCUT2D eigenvalue weighted by Crippen LogP contribution is -2.36. The first-order chi connectivity index (χ1) is 17.4. The maximum Gasteiger partial charge on any atom is 0.268 e. The van der Waals surface area contributed by atoms with E-state index in [-0.39, 0.29) is 24.3 Å². The van der Waals surface area contributed by atoms with Gasteiger partial charge in [-0.05, 0) is 59.3 Å². The highest BCUT2D eigenvalue weighted by Crippen LogP contribution is 2.31. The van der Waals surface area contributed by atoms with Crippen molar-refractivity contribution in [2.45, 2.75) is 32.5 Å². The number of fused-ring (bicyclic) bond motifs is 1. The Morgan fingerprint density at radius 3 is 2.64 bits per heavy atom. The van der Waals surface area contributed by atoms with Gasteiger partial charge in [0.05, 0.1) is 0 Å². The third kappa shape index (κ3) is 4.28. The zero-order chi connectivity index (χ0) is 25.4. The number of anilines is 1. The number of likely N-dealkylation sites (N-methyl/N-ethyl adjacent to an activating group) is 1. The summed E-state index contributed by atoms with van der Waals surface area (Å²) in [5.74, 6) is 0.764. The van der Waals surface area contributed by atoms with Crippen molar-refractivity contribution in [1.82, 2.24) is 30.0 Å². The molecule has 3 heterocycles. The highest BCUT2D eigenvalue weighted by atomic mass is 16.5. The number of aryl methyl sites for hydroxylation is 1. The quantitative estimate of drug-likeness (QED) is 0.495. The van der Waals surface area contributed by atoms with Gasteiger partial charge in [-0.2, -0.15) is 0 Å². The maximum atomic E-state index is 13.1. The van der Waals surface area contributed by atoms with Crippen LogP contribution in [0.25, 0.3) is 11.4 Å². The summed E-state index contributed by atoms with van der Waals surface area (Å²) >= 11 is 0. The SMILES string of the molecule is CCn1nnnc1-c1ccc(OC2CCN(c3ccc4c(c3)C(=O)N(CC(=O)N(C)C)C4)C2=O)cc1. The molecule has 0 radical (unpaired) electrons. The molecule has 3 amide bonds. The van der Waals surface area contributed by atoms with E-state index in [9.17, 15) is 14.4 Å². The van der Waals surface area contributed by atoms with Crippen LogP contribution < -0.4 is 9.64 Å². The number of hydrogen-bond acceptors (Lipinski definition) is 7. The van der Waals surface area contributed by atoms with Crippen molar-refractivity contribution in [2.24, 2.45) is 0 Å². The lowest BCUT2D eigenvalue weighted by atomic mass is 10.1. The van der Waals surface area contributed by atoms with Gasteiger partial charge in [-0.25, -0.2) is 4.68 Å². The number of hydrogen-bond donors (Lipinski definition) is 0. The zero-order valence-electron chi connectivity index (χ0n) is 20.4. The monoisotopic (exact) mass is 489 g/mol. The molecule has 1 aromatic heterocycles. The van der Waals surface area contributed by atoms with Crippen LogP contribution in [0.3, 0.4) is 0 Å². The van der Waals surface area contributed by atoms with Gasteiger partial charge in [0, 0.05) is 57.0 Å². The van der Waals surface area contributed by atoms with E-state index >= 15 is 0 Å². The molecule has 0 N–H and O–H groups in total. The summed E-state index contributed by atoms with van der Waals surface area (Å²) in [7, 11) is 3.33. The molecule has 3 aromatic rings. The molecule has 11 heteroatoms. The molecule has 0 saturated carbocycles. The standard InChI is InChI=1S/C25H27N7O4/c1-4-32-23(26-27-28-32)16-6-9-19(10-7-16)36-21-11-12-31(25(21)35)18-8-5-17-14-30(15-22(33)29(2)3)24(34)20(17)13-18/h5-10,13,21H,4,11-12,14-15H2,1-3H3. The molecular weight excluding hydrogens is 462 g/mol. The van der Waals surface area contributed by atoms with Crippen LogP contribution in [0.5, 0.6) is 5.75 Å². The molecule has 0 spiro atoms. The van der Waals surface area contributed by atoms with Gasteiger partial charge < -0.3 is 19.4 Å². The van der Waals surface area contributed by atoms with Gasteiger partial charge >= 0.3 is 0 Å². The number of amides is 3. The number of ether oxygens (including phenoxy) is 1. The van der Waals surface area contributed by atoms with Crippen LogP contribution in [0, 0.1) is 0 Å². The summed E-state index contributed by atoms with van der Waals surface area (Å²) < 4.78 is 7.70. The highest BCUT2D eigenvalue weighted by molar-refractivity contribution is 6.03. The van der Waals surface area contributed by atoms with Crippen LogP contribution in [0.4, 0.5) is 5.69 Å². The molecule has 2 aliphatic heterocycles. The van der Waals surface area contributed by atoms with Gasteiger partial charge in [0.15, 0.2) is 11.9 Å². The Labute approximate surface area is 208 Å². The molecular formula is C25H27N7O4. The van der Waals surface area contributed by atoms with Crippen molar-refractivity contribution in [3.8, 4) is 17.1 Å². The zero-order valence-corrected chi connectivity index (χ0v) is 20.4. The van der Waals surface area contributed by atoms with Gasteiger partial charge in [-0.3, -0.25) is 14.4 Å². The van der Waals surface area contributed by atoms with Gasteiger partial charge in [-0.15, -0.1) is 5.10 Å². The van der Waals surface area contributed by atoms with Crippen molar-refractivity contribution in [3.63, 3.8) is 0 Å². The highest BCUT2D eigenvalue weighted by Gasteiger charge is 2.36. The first-order valence-electron chi connectivity index (χ1n) is 11.8. The third-order valence-electron chi connectivity index (χ3n) is 6.49. The van der Waals surface area contributed by atoms with Gasteiger partial charge in [0.1, 0.15) is 12.3 Å². The van der Waals surface area contributed by atoms with E-state index in [1.165, 1.54) is 9.80 Å². The van der Waals surface area contributed by atoms with Crippen molar-refractivity contribution >= 4 is 23.4 Å². The third-order valence-corrected chi connectivity index (χ3v) is 6.49. The topological polar surface area (TPSA) is 114 Å². The summed E-state index contributed by atoms with van der Waals surface area (Å²) in [5.41, 5.74) is 2.89. The molecule has 1 unspecified atom stereocenters. The smallest absolute Gasteiger partial charge is 0.268 e. The Bertz CT molecular complexity index is 1320. The van der Waals surface area contributed by atoms with Crippen LogP contribution >= 0.6 is 0 Å². The molecule has 11 nitrogen and oxygen atoms in total. The average molecular weight is 490 g/mol. The molecule has 1 atom stereocenters. The summed E-state index contributed by atoms with van der Waals surface area (Å²) in [5, 5.41) is 11.7. The summed E-state index contributed by atoms with van der Waals surface area (Å²) in [6, 6.07) is 12.8. The fraction of sp³-hybridized carbons (Fsp3) is 0.360. The van der Waals surface area contributed by atoms with Crippen molar-refractivity contribution in [1.29, 1.82) is 0 Å². The minimum Gasteiger partial charge on any atom is -0.481 e. The van der Waals surface area contributed by atoms with E-state index < -0.39 is 6.10 Å². The van der Waals surface area contributed by atoms with Crippen molar-refractivity contribution in [2.75, 3.05) is 32.1 Å². The lowest BCUT2D eigenvalue weighted by Gasteiger charge is -2.18. The largest absolute Gasteiger partial charge is 0.481 e. The van der Waals surface area contributed by atoms with E-state index in [0.717, 1.165) is 11.1 Å². The number of carbonyl (C=O) groups is 3. The first-order valence-corrected chi connectivity index (χ1v) is 11.8. The first kappa shape index (κ1) is 23.5. The molecule has 2 aromatic carbocycles. The van der Waals surface area contributed by atoms with E-state index in [1.807, 2.05) is 31.2 Å². The van der Waals surface area contributed by atoms with Crippen LogP contribution in [0.15, 0.2) is 42.5 Å². The van der Waals surface area contributed by atoms with E-state index in [0.29, 0.717) is 48.9 Å². The Morgan fingerprint density at radius 2 is 1.92 bits per heavy atom. The summed E-state index contributed by atoms with van der Waals surface area (Å²) in [6.07, 6.45) is -0.0848. The van der Waals surface area contributed by atoms with Gasteiger partial charge in [0.2, 0.25) is 5.91 Å². The van der Waals surface area contributed by atoms with Crippen LogP contribution in [-0.2, 0) is 22.7 Å². The van der Waals surface area contributed by atoms with E-state index in [1.54, 1.807) is 41.9 Å². The van der Waals surface area contributed by atoms with Crippen LogP contribution in [-0.4, -0.2) is 81.0 Å². The predicted octanol–water partition coefficient (Wildman–Crippen LogP) is 1.59. The molecule has 0 bridgehead atoms. The fourth-order valence-corrected chi connectivity index (χ4v) is 4.44. The molecule has 0 aliphatic carbocycles. The molecule has 2 aliphatic rings. The van der Waals surface area contributed by atoms with Crippen molar-refractivity contribution in [3.05, 3.63) is 53.6 Å². The molecule has 1 saturated heterocycles. The van der Waals surface area contributed by atoms with Crippen molar-refractivity contribution < 1.29 is 19.1 Å². The second kappa shape index (κ2) is 9.40. The Kier molecular flexibility index (Phi) is 6.13. The number of benzene rings is 2. The van der Waals surface area contributed by atoms with E-state index in [2.05, 4.69) is 15.5 Å². The number of tetrazole rings is 1. The Balaban J connectivity index is 1.25. The fourth-order valence-electron chi connectivity index (χ4n) is 4.44. The number of rotatable bonds is 7. The molecule has 186 valence electrons. The summed E-state index contributed by atoms with van der Waals surface area (Å²) in [6.45, 7) is 3.53. The lowest BCUT2D eigenvalue weighted by molar-refractivity contribution is -0.129. The Morgan fingerprint density at radius 1 is 1.14 bits per heavy atom. The molecule has 5 rings (SSSR count). The minimum atomic E-state index is -0.616. The number of nitrogens with zero attached hydrogens (tertiary/aromatic N) is 7. The second-order valence-corrected chi connectivity index (χ2v) is 9.02. The Hall–Kier alpha value is -4.28. The normalized spacial score (nSPS) is 17.0. The van der Waals surface area contributed by atoms with Crippen LogP contribution in [0.2, 0.25) is 0 Å². The second-order valence-electron chi connectivity index (χ2n) is 9.02. The van der Waals surface area contributed by atoms with Gasteiger partial charge in [-0.1, -0.05) is 6.07 Å². The maximum absolute atomic E-state index is 13.1. The van der Waals surface area contributed by atoms with E-state index in [4.69, 9.17) is 4.74 Å². The van der Waals surface area contributed by atoms with Gasteiger partial charge in [0.25, 0.3) is 11.8 Å². The molecule has 1 fully saturated rings. The summed E-state index contributed by atoms with van der Waals surface area (Å²) in [4.78, 5) is 42.7. The minimum absolute atomic E-state index is 0.0283. The van der Waals surface area contributed by atoms with Crippen LogP contribution in [0.1, 0.15) is 29.3 Å². The predicted molar refractivity (Wildman–Crippen MR) is 130 cm³/mol. The number of carbonyl (C=O) groups excluding carboxylic acids is 3.